The number of nitrogens with one attached hydrogen (secondary N) is 1. The van der Waals surface area contributed by atoms with Crippen LogP contribution in [-0.2, 0) is 16.0 Å². The molecule has 33 heavy (non-hydrogen) atoms. The zero-order chi connectivity index (χ0) is 23.4. The van der Waals surface area contributed by atoms with Gasteiger partial charge in [-0.05, 0) is 62.4 Å². The van der Waals surface area contributed by atoms with Crippen LogP contribution in [0.3, 0.4) is 0 Å². The quantitative estimate of drug-likeness (QED) is 0.463. The lowest BCUT2D eigenvalue weighted by molar-refractivity contribution is -0.127. The molecule has 0 spiro atoms. The summed E-state index contributed by atoms with van der Waals surface area (Å²) in [7, 11) is 0. The first-order chi connectivity index (χ1) is 15.9. The average Bonchev–Trinajstić information content (AvgIpc) is 3.56. The van der Waals surface area contributed by atoms with Crippen LogP contribution in [0.2, 0.25) is 0 Å². The van der Waals surface area contributed by atoms with Gasteiger partial charge in [0.1, 0.15) is 11.5 Å². The number of Topliss-reactive ketones (excluding diaryl/α,β-unsaturated/α-hetero) is 1. The van der Waals surface area contributed by atoms with Crippen LogP contribution in [0.15, 0.2) is 58.3 Å². The van der Waals surface area contributed by atoms with Crippen molar-refractivity contribution in [2.75, 3.05) is 4.90 Å². The molecule has 0 aliphatic heterocycles. The van der Waals surface area contributed by atoms with E-state index < -0.39 is 6.04 Å². The Morgan fingerprint density at radius 3 is 2.48 bits per heavy atom. The molecule has 0 saturated heterocycles. The van der Waals surface area contributed by atoms with E-state index >= 15 is 0 Å². The molecule has 1 aliphatic carbocycles. The van der Waals surface area contributed by atoms with E-state index in [0.717, 1.165) is 30.6 Å². The van der Waals surface area contributed by atoms with Crippen LogP contribution in [0.25, 0.3) is 0 Å². The second-order valence-corrected chi connectivity index (χ2v) is 9.47. The molecule has 1 aliphatic rings. The first kappa shape index (κ1) is 23.0. The lowest BCUT2D eigenvalue weighted by Gasteiger charge is -2.32. The maximum Gasteiger partial charge on any atom is 0.251 e. The van der Waals surface area contributed by atoms with E-state index in [4.69, 9.17) is 4.42 Å². The largest absolute Gasteiger partial charge is 0.464 e. The molecule has 1 N–H and O–H groups in total. The third-order valence-corrected chi connectivity index (χ3v) is 6.83. The Kier molecular flexibility index (Phi) is 7.08. The smallest absolute Gasteiger partial charge is 0.251 e. The lowest BCUT2D eigenvalue weighted by atomic mass is 10.0. The molecule has 0 bridgehead atoms. The van der Waals surface area contributed by atoms with Crippen molar-refractivity contribution in [3.63, 3.8) is 0 Å². The lowest BCUT2D eigenvalue weighted by Crippen LogP contribution is -2.47. The molecule has 0 unspecified atom stereocenters. The Morgan fingerprint density at radius 1 is 1.09 bits per heavy atom. The van der Waals surface area contributed by atoms with Gasteiger partial charge >= 0.3 is 0 Å². The highest BCUT2D eigenvalue weighted by Crippen LogP contribution is 2.33. The Bertz CT molecular complexity index is 1130. The van der Waals surface area contributed by atoms with E-state index in [-0.39, 0.29) is 30.1 Å². The molecule has 0 radical (unpaired) electrons. The van der Waals surface area contributed by atoms with Crippen molar-refractivity contribution < 1.29 is 18.8 Å². The third kappa shape index (κ3) is 5.25. The number of benzene rings is 1. The van der Waals surface area contributed by atoms with E-state index in [1.807, 2.05) is 17.5 Å². The second kappa shape index (κ2) is 10.2. The van der Waals surface area contributed by atoms with E-state index in [2.05, 4.69) is 5.32 Å². The van der Waals surface area contributed by atoms with Gasteiger partial charge in [-0.25, -0.2) is 0 Å². The first-order valence-corrected chi connectivity index (χ1v) is 12.1. The summed E-state index contributed by atoms with van der Waals surface area (Å²) in [5.74, 6) is 0.279. The van der Waals surface area contributed by atoms with Crippen LogP contribution in [-0.4, -0.2) is 23.6 Å². The molecule has 7 heteroatoms. The van der Waals surface area contributed by atoms with E-state index in [9.17, 15) is 14.4 Å². The Balaban J connectivity index is 1.80. The average molecular weight is 465 g/mol. The number of carbonyl (C=O) groups is 3. The maximum absolute atomic E-state index is 13.7. The highest BCUT2D eigenvalue weighted by atomic mass is 32.1. The standard InChI is InChI=1S/C26H28N2O4S/c1-17-13-14-23(32-17)25(26(31)27-19-8-3-4-9-19)28(24(30)16-20-10-7-15-33-20)22-12-6-5-11-21(22)18(2)29/h5-7,10-15,19,25H,3-4,8-9,16H2,1-2H3,(H,27,31)/t25-/m0/s1. The van der Waals surface area contributed by atoms with Crippen LogP contribution in [0.4, 0.5) is 5.69 Å². The number of anilines is 1. The zero-order valence-corrected chi connectivity index (χ0v) is 19.7. The highest BCUT2D eigenvalue weighted by molar-refractivity contribution is 7.10. The molecule has 1 atom stereocenters. The predicted octanol–water partition coefficient (Wildman–Crippen LogP) is 5.23. The van der Waals surface area contributed by atoms with Crippen molar-refractivity contribution in [2.45, 2.75) is 58.0 Å². The fourth-order valence-corrected chi connectivity index (χ4v) is 5.07. The summed E-state index contributed by atoms with van der Waals surface area (Å²) in [6.45, 7) is 3.27. The number of amides is 2. The van der Waals surface area contributed by atoms with Crippen LogP contribution in [0.1, 0.15) is 65.4 Å². The SMILES string of the molecule is CC(=O)c1ccccc1N(C(=O)Cc1cccs1)[C@H](C(=O)NC1CCCC1)c1ccc(C)o1. The van der Waals surface area contributed by atoms with Crippen molar-refractivity contribution in [1.82, 2.24) is 5.32 Å². The van der Waals surface area contributed by atoms with Gasteiger partial charge < -0.3 is 9.73 Å². The maximum atomic E-state index is 13.7. The monoisotopic (exact) mass is 464 g/mol. The number of thiophene rings is 1. The third-order valence-electron chi connectivity index (χ3n) is 5.96. The normalized spacial score (nSPS) is 14.7. The van der Waals surface area contributed by atoms with Gasteiger partial charge in [0, 0.05) is 16.5 Å². The summed E-state index contributed by atoms with van der Waals surface area (Å²) in [4.78, 5) is 42.2. The van der Waals surface area contributed by atoms with E-state index in [1.165, 1.54) is 23.2 Å². The molecule has 2 aromatic heterocycles. The summed E-state index contributed by atoms with van der Waals surface area (Å²) in [6, 6.07) is 13.3. The van der Waals surface area contributed by atoms with Gasteiger partial charge in [-0.1, -0.05) is 31.0 Å². The minimum Gasteiger partial charge on any atom is -0.464 e. The Morgan fingerprint density at radius 2 is 1.85 bits per heavy atom. The van der Waals surface area contributed by atoms with E-state index in [0.29, 0.717) is 22.8 Å². The molecule has 1 fully saturated rings. The summed E-state index contributed by atoms with van der Waals surface area (Å²) >= 11 is 1.48. The van der Waals surface area contributed by atoms with Gasteiger partial charge in [-0.3, -0.25) is 19.3 Å². The van der Waals surface area contributed by atoms with Crippen molar-refractivity contribution in [2.24, 2.45) is 0 Å². The number of aryl methyl sites for hydroxylation is 1. The summed E-state index contributed by atoms with van der Waals surface area (Å²) in [5.41, 5.74) is 0.797. The van der Waals surface area contributed by atoms with Gasteiger partial charge in [0.15, 0.2) is 11.8 Å². The van der Waals surface area contributed by atoms with Crippen molar-refractivity contribution in [3.05, 3.63) is 75.9 Å². The number of ketones is 1. The fraction of sp³-hybridized carbons (Fsp3) is 0.346. The minimum atomic E-state index is -1.02. The number of carbonyl (C=O) groups excluding carboxylic acids is 3. The van der Waals surface area contributed by atoms with Gasteiger partial charge in [0.25, 0.3) is 5.91 Å². The van der Waals surface area contributed by atoms with Gasteiger partial charge in [0.05, 0.1) is 12.1 Å². The van der Waals surface area contributed by atoms with Gasteiger partial charge in [-0.2, -0.15) is 0 Å². The topological polar surface area (TPSA) is 79.6 Å². The summed E-state index contributed by atoms with van der Waals surface area (Å²) < 4.78 is 5.88. The fourth-order valence-electron chi connectivity index (χ4n) is 4.37. The summed E-state index contributed by atoms with van der Waals surface area (Å²) in [6.07, 6.45) is 4.11. The number of hydrogen-bond acceptors (Lipinski definition) is 5. The van der Waals surface area contributed by atoms with Crippen LogP contribution in [0.5, 0.6) is 0 Å². The van der Waals surface area contributed by atoms with E-state index in [1.54, 1.807) is 43.3 Å². The van der Waals surface area contributed by atoms with Crippen molar-refractivity contribution >= 4 is 34.6 Å². The molecular weight excluding hydrogens is 436 g/mol. The molecular formula is C26H28N2O4S. The van der Waals surface area contributed by atoms with Crippen molar-refractivity contribution in [3.8, 4) is 0 Å². The van der Waals surface area contributed by atoms with Crippen molar-refractivity contribution in [1.29, 1.82) is 0 Å². The predicted molar refractivity (Wildman–Crippen MR) is 129 cm³/mol. The van der Waals surface area contributed by atoms with Crippen LogP contribution < -0.4 is 10.2 Å². The number of hydrogen-bond donors (Lipinski definition) is 1. The molecule has 6 nitrogen and oxygen atoms in total. The molecule has 2 heterocycles. The Hall–Kier alpha value is -3.19. The number of para-hydroxylation sites is 1. The highest BCUT2D eigenvalue weighted by Gasteiger charge is 2.37. The van der Waals surface area contributed by atoms with Gasteiger partial charge in [0.2, 0.25) is 5.91 Å². The number of rotatable bonds is 8. The van der Waals surface area contributed by atoms with Crippen LogP contribution >= 0.6 is 11.3 Å². The van der Waals surface area contributed by atoms with Crippen LogP contribution in [0, 0.1) is 6.92 Å². The first-order valence-electron chi connectivity index (χ1n) is 11.2. The Labute approximate surface area is 197 Å². The second-order valence-electron chi connectivity index (χ2n) is 8.43. The molecule has 2 amide bonds. The molecule has 3 aromatic rings. The molecule has 4 rings (SSSR count). The molecule has 172 valence electrons. The zero-order valence-electron chi connectivity index (χ0n) is 18.9. The number of furan rings is 1. The molecule has 1 aromatic carbocycles. The number of nitrogens with zero attached hydrogens (tertiary/aromatic N) is 1. The molecule has 1 saturated carbocycles. The van der Waals surface area contributed by atoms with Gasteiger partial charge in [-0.15, -0.1) is 11.3 Å². The summed E-state index contributed by atoms with van der Waals surface area (Å²) in [5, 5.41) is 5.04. The minimum absolute atomic E-state index is 0.0772.